The Bertz CT molecular complexity index is 475. The molecule has 0 saturated carbocycles. The third kappa shape index (κ3) is 5.05. The summed E-state index contributed by atoms with van der Waals surface area (Å²) >= 11 is 0. The van der Waals surface area contributed by atoms with Gasteiger partial charge in [-0.05, 0) is 31.5 Å². The van der Waals surface area contributed by atoms with Crippen LogP contribution in [0.5, 0.6) is 0 Å². The molecule has 0 saturated heterocycles. The molecule has 0 aliphatic heterocycles. The molecule has 0 aliphatic rings. The van der Waals surface area contributed by atoms with Crippen LogP contribution in [0.2, 0.25) is 0 Å². The second-order valence-corrected chi connectivity index (χ2v) is 4.40. The van der Waals surface area contributed by atoms with Crippen molar-refractivity contribution in [2.45, 2.75) is 26.3 Å². The highest BCUT2D eigenvalue weighted by molar-refractivity contribution is 5.96. The van der Waals surface area contributed by atoms with Gasteiger partial charge in [0.15, 0.2) is 0 Å². The van der Waals surface area contributed by atoms with E-state index in [1.165, 1.54) is 19.1 Å². The average molecular weight is 267 g/mol. The average Bonchev–Trinajstić information content (AvgIpc) is 2.30. The first kappa shape index (κ1) is 15.1. The Hall–Kier alpha value is -1.95. The van der Waals surface area contributed by atoms with Crippen molar-refractivity contribution in [2.75, 3.05) is 11.9 Å². The van der Waals surface area contributed by atoms with Crippen LogP contribution in [-0.2, 0) is 4.79 Å². The highest BCUT2D eigenvalue weighted by Gasteiger charge is 2.10. The molecule has 5 nitrogen and oxygen atoms in total. The molecule has 0 aliphatic carbocycles. The number of halogens is 1. The summed E-state index contributed by atoms with van der Waals surface area (Å²) in [4.78, 5) is 22.7. The lowest BCUT2D eigenvalue weighted by Crippen LogP contribution is -2.29. The third-order valence-electron chi connectivity index (χ3n) is 2.42. The fourth-order valence-corrected chi connectivity index (χ4v) is 1.47. The van der Waals surface area contributed by atoms with E-state index in [1.807, 2.05) is 6.92 Å². The summed E-state index contributed by atoms with van der Waals surface area (Å²) in [5.74, 6) is -1.30. The lowest BCUT2D eigenvalue weighted by atomic mass is 10.1. The van der Waals surface area contributed by atoms with Crippen LogP contribution in [-0.4, -0.2) is 24.4 Å². The summed E-state index contributed by atoms with van der Waals surface area (Å²) in [6.07, 6.45) is 0.658. The molecule has 0 bridgehead atoms. The maximum Gasteiger partial charge on any atom is 0.251 e. The molecule has 1 unspecified atom stereocenters. The summed E-state index contributed by atoms with van der Waals surface area (Å²) in [7, 11) is 0. The number of carbonyl (C=O) groups is 2. The van der Waals surface area contributed by atoms with Crippen molar-refractivity contribution in [1.82, 2.24) is 5.32 Å². The molecule has 4 N–H and O–H groups in total. The Morgan fingerprint density at radius 3 is 2.68 bits per heavy atom. The van der Waals surface area contributed by atoms with Crippen molar-refractivity contribution in [3.8, 4) is 0 Å². The Kier molecular flexibility index (Phi) is 5.44. The molecule has 0 spiro atoms. The number of nitrogens with one attached hydrogen (secondary N) is 2. The van der Waals surface area contributed by atoms with Gasteiger partial charge in [0.05, 0.1) is 5.69 Å². The van der Waals surface area contributed by atoms with E-state index in [9.17, 15) is 14.0 Å². The number of hydrogen-bond donors (Lipinski definition) is 3. The molecule has 2 amide bonds. The zero-order valence-electron chi connectivity index (χ0n) is 11.0. The van der Waals surface area contributed by atoms with Crippen molar-refractivity contribution < 1.29 is 14.0 Å². The van der Waals surface area contributed by atoms with Gasteiger partial charge in [-0.2, -0.15) is 0 Å². The molecule has 1 rings (SSSR count). The van der Waals surface area contributed by atoms with E-state index in [-0.39, 0.29) is 23.2 Å². The van der Waals surface area contributed by atoms with E-state index >= 15 is 0 Å². The first-order valence-electron chi connectivity index (χ1n) is 6.01. The monoisotopic (exact) mass is 267 g/mol. The Labute approximate surface area is 111 Å². The van der Waals surface area contributed by atoms with Crippen molar-refractivity contribution in [1.29, 1.82) is 0 Å². The van der Waals surface area contributed by atoms with E-state index in [0.717, 1.165) is 6.07 Å². The van der Waals surface area contributed by atoms with Gasteiger partial charge in [0.1, 0.15) is 5.82 Å². The smallest absolute Gasteiger partial charge is 0.251 e. The second-order valence-electron chi connectivity index (χ2n) is 4.40. The standard InChI is InChI=1S/C13H18FN3O2/c1-8(15)5-6-16-13(19)10-3-4-11(14)12(7-10)17-9(2)18/h3-4,7-8H,5-6,15H2,1-2H3,(H,16,19)(H,17,18). The van der Waals surface area contributed by atoms with Crippen molar-refractivity contribution in [3.05, 3.63) is 29.6 Å². The van der Waals surface area contributed by atoms with E-state index in [1.54, 1.807) is 0 Å². The zero-order valence-corrected chi connectivity index (χ0v) is 11.0. The lowest BCUT2D eigenvalue weighted by molar-refractivity contribution is -0.114. The van der Waals surface area contributed by atoms with Crippen molar-refractivity contribution >= 4 is 17.5 Å². The van der Waals surface area contributed by atoms with Gasteiger partial charge >= 0.3 is 0 Å². The quantitative estimate of drug-likeness (QED) is 0.750. The largest absolute Gasteiger partial charge is 0.352 e. The Morgan fingerprint density at radius 2 is 2.11 bits per heavy atom. The fourth-order valence-electron chi connectivity index (χ4n) is 1.47. The number of anilines is 1. The summed E-state index contributed by atoms with van der Waals surface area (Å²) in [5.41, 5.74) is 5.85. The van der Waals surface area contributed by atoms with E-state index in [4.69, 9.17) is 5.73 Å². The van der Waals surface area contributed by atoms with Crippen molar-refractivity contribution in [3.63, 3.8) is 0 Å². The topological polar surface area (TPSA) is 84.2 Å². The minimum atomic E-state index is -0.581. The molecular weight excluding hydrogens is 249 g/mol. The molecule has 0 heterocycles. The molecule has 104 valence electrons. The van der Waals surface area contributed by atoms with Crippen LogP contribution in [0.15, 0.2) is 18.2 Å². The fraction of sp³-hybridized carbons (Fsp3) is 0.385. The van der Waals surface area contributed by atoms with Gasteiger partial charge in [-0.1, -0.05) is 0 Å². The van der Waals surface area contributed by atoms with Gasteiger partial charge in [-0.3, -0.25) is 9.59 Å². The molecule has 1 aromatic carbocycles. The van der Waals surface area contributed by atoms with E-state index < -0.39 is 11.7 Å². The number of hydrogen-bond acceptors (Lipinski definition) is 3. The molecule has 0 radical (unpaired) electrons. The number of benzene rings is 1. The van der Waals surface area contributed by atoms with Crippen molar-refractivity contribution in [2.24, 2.45) is 5.73 Å². The molecule has 1 aromatic rings. The predicted octanol–water partition coefficient (Wildman–Crippen LogP) is 1.25. The van der Waals surface area contributed by atoms with Crippen LogP contribution >= 0.6 is 0 Å². The minimum absolute atomic E-state index is 0.00320. The first-order valence-corrected chi connectivity index (χ1v) is 6.01. The first-order chi connectivity index (χ1) is 8.90. The second kappa shape index (κ2) is 6.84. The molecule has 0 fully saturated rings. The summed E-state index contributed by atoms with van der Waals surface area (Å²) in [6, 6.07) is 3.81. The van der Waals surface area contributed by atoms with Gasteiger partial charge in [-0.25, -0.2) is 4.39 Å². The van der Waals surface area contributed by atoms with Gasteiger partial charge in [-0.15, -0.1) is 0 Å². The predicted molar refractivity (Wildman–Crippen MR) is 71.3 cm³/mol. The van der Waals surface area contributed by atoms with Crippen LogP contribution < -0.4 is 16.4 Å². The highest BCUT2D eigenvalue weighted by atomic mass is 19.1. The van der Waals surface area contributed by atoms with Gasteiger partial charge < -0.3 is 16.4 Å². The highest BCUT2D eigenvalue weighted by Crippen LogP contribution is 2.16. The number of rotatable bonds is 5. The Balaban J connectivity index is 2.72. The number of carbonyl (C=O) groups excluding carboxylic acids is 2. The number of amides is 2. The normalized spacial score (nSPS) is 11.8. The summed E-state index contributed by atoms with van der Waals surface area (Å²) < 4.78 is 13.4. The van der Waals surface area contributed by atoms with Gasteiger partial charge in [0, 0.05) is 25.1 Å². The van der Waals surface area contributed by atoms with Gasteiger partial charge in [0.25, 0.3) is 5.91 Å². The SMILES string of the molecule is CC(=O)Nc1cc(C(=O)NCCC(C)N)ccc1F. The molecular formula is C13H18FN3O2. The van der Waals surface area contributed by atoms with Crippen LogP contribution in [0.4, 0.5) is 10.1 Å². The lowest BCUT2D eigenvalue weighted by Gasteiger charge is -2.09. The van der Waals surface area contributed by atoms with Crippen LogP contribution in [0.3, 0.4) is 0 Å². The zero-order chi connectivity index (χ0) is 14.4. The maximum atomic E-state index is 13.4. The van der Waals surface area contributed by atoms with Crippen LogP contribution in [0, 0.1) is 5.82 Å². The minimum Gasteiger partial charge on any atom is -0.352 e. The molecule has 1 atom stereocenters. The third-order valence-corrected chi connectivity index (χ3v) is 2.42. The van der Waals surface area contributed by atoms with Crippen LogP contribution in [0.25, 0.3) is 0 Å². The maximum absolute atomic E-state index is 13.4. The summed E-state index contributed by atoms with van der Waals surface area (Å²) in [6.45, 7) is 3.57. The summed E-state index contributed by atoms with van der Waals surface area (Å²) in [5, 5.41) is 5.00. The van der Waals surface area contributed by atoms with E-state index in [0.29, 0.717) is 13.0 Å². The molecule has 19 heavy (non-hydrogen) atoms. The van der Waals surface area contributed by atoms with Crippen LogP contribution in [0.1, 0.15) is 30.6 Å². The Morgan fingerprint density at radius 1 is 1.42 bits per heavy atom. The van der Waals surface area contributed by atoms with Gasteiger partial charge in [0.2, 0.25) is 5.91 Å². The number of nitrogens with two attached hydrogens (primary N) is 1. The van der Waals surface area contributed by atoms with E-state index in [2.05, 4.69) is 10.6 Å². The molecule has 0 aromatic heterocycles. The molecule has 6 heteroatoms.